The van der Waals surface area contributed by atoms with Crippen molar-refractivity contribution in [3.8, 4) is 5.75 Å². The molecule has 2 aromatic rings. The number of carbonyl (C=O) groups excluding carboxylic acids is 1. The molecule has 0 aliphatic carbocycles. The molecular weight excluding hydrogens is 332 g/mol. The van der Waals surface area contributed by atoms with Gasteiger partial charge in [-0.25, -0.2) is 0 Å². The van der Waals surface area contributed by atoms with Gasteiger partial charge in [-0.15, -0.1) is 10.2 Å². The van der Waals surface area contributed by atoms with Crippen molar-refractivity contribution >= 4 is 34.7 Å². The summed E-state index contributed by atoms with van der Waals surface area (Å²) < 4.78 is 29.3. The van der Waals surface area contributed by atoms with Gasteiger partial charge in [0.15, 0.2) is 4.34 Å². The predicted molar refractivity (Wildman–Crippen MR) is 81.8 cm³/mol. The molecule has 0 bridgehead atoms. The number of hydrogen-bond acceptors (Lipinski definition) is 6. The van der Waals surface area contributed by atoms with Crippen molar-refractivity contribution in [2.75, 3.05) is 11.1 Å². The van der Waals surface area contributed by atoms with Gasteiger partial charge in [-0.3, -0.25) is 4.79 Å². The highest BCUT2D eigenvalue weighted by Crippen LogP contribution is 2.24. The lowest BCUT2D eigenvalue weighted by Crippen LogP contribution is -2.15. The van der Waals surface area contributed by atoms with E-state index in [1.807, 2.05) is 6.92 Å². The van der Waals surface area contributed by atoms with Crippen LogP contribution in [-0.4, -0.2) is 28.5 Å². The number of benzene rings is 1. The number of carbonyl (C=O) groups is 1. The van der Waals surface area contributed by atoms with Crippen LogP contribution in [0.3, 0.4) is 0 Å². The van der Waals surface area contributed by atoms with Crippen LogP contribution in [0, 0.1) is 13.8 Å². The van der Waals surface area contributed by atoms with Crippen LogP contribution in [0.25, 0.3) is 0 Å². The molecule has 0 fully saturated rings. The van der Waals surface area contributed by atoms with E-state index in [4.69, 9.17) is 0 Å². The molecule has 9 heteroatoms. The Morgan fingerprint density at radius 2 is 2.18 bits per heavy atom. The van der Waals surface area contributed by atoms with Gasteiger partial charge >= 0.3 is 6.61 Å². The molecule has 22 heavy (non-hydrogen) atoms. The van der Waals surface area contributed by atoms with Crippen LogP contribution in [0.2, 0.25) is 0 Å². The number of alkyl halides is 2. The predicted octanol–water partition coefficient (Wildman–Crippen LogP) is 3.49. The zero-order chi connectivity index (χ0) is 16.1. The number of hydrogen-bond donors (Lipinski definition) is 1. The fourth-order valence-electron chi connectivity index (χ4n) is 1.60. The maximum atomic E-state index is 12.1. The van der Waals surface area contributed by atoms with E-state index in [-0.39, 0.29) is 17.4 Å². The number of anilines is 1. The van der Waals surface area contributed by atoms with Gasteiger partial charge in [0.2, 0.25) is 5.91 Å². The average Bonchev–Trinajstić information content (AvgIpc) is 2.85. The zero-order valence-electron chi connectivity index (χ0n) is 11.8. The monoisotopic (exact) mass is 345 g/mol. The molecule has 0 aliphatic heterocycles. The Bertz CT molecular complexity index is 664. The summed E-state index contributed by atoms with van der Waals surface area (Å²) in [5.41, 5.74) is 1.20. The van der Waals surface area contributed by atoms with Crippen molar-refractivity contribution < 1.29 is 18.3 Å². The molecule has 1 amide bonds. The molecule has 0 aliphatic rings. The van der Waals surface area contributed by atoms with E-state index in [1.54, 1.807) is 6.92 Å². The number of ether oxygens (including phenoxy) is 1. The summed E-state index contributed by atoms with van der Waals surface area (Å²) in [4.78, 5) is 11.9. The molecule has 5 nitrogen and oxygen atoms in total. The third kappa shape index (κ3) is 4.92. The van der Waals surface area contributed by atoms with Crippen molar-refractivity contribution in [2.45, 2.75) is 24.8 Å². The second-order valence-corrected chi connectivity index (χ2v) is 6.68. The van der Waals surface area contributed by atoms with Gasteiger partial charge in [0.1, 0.15) is 10.8 Å². The van der Waals surface area contributed by atoms with Crippen molar-refractivity contribution in [2.24, 2.45) is 0 Å². The molecule has 0 atom stereocenters. The first-order chi connectivity index (χ1) is 10.4. The molecule has 0 saturated heterocycles. The number of nitrogens with one attached hydrogen (secondary N) is 1. The topological polar surface area (TPSA) is 64.1 Å². The first-order valence-corrected chi connectivity index (χ1v) is 8.02. The molecule has 0 unspecified atom stereocenters. The van der Waals surface area contributed by atoms with Crippen molar-refractivity contribution in [3.63, 3.8) is 0 Å². The van der Waals surface area contributed by atoms with E-state index >= 15 is 0 Å². The molecule has 1 N–H and O–H groups in total. The van der Waals surface area contributed by atoms with E-state index in [1.165, 1.54) is 41.3 Å². The first-order valence-electron chi connectivity index (χ1n) is 6.22. The minimum absolute atomic E-state index is 0.0595. The lowest BCUT2D eigenvalue weighted by Gasteiger charge is -2.10. The van der Waals surface area contributed by atoms with Gasteiger partial charge in [-0.1, -0.05) is 23.1 Å². The third-order valence-electron chi connectivity index (χ3n) is 2.53. The molecule has 1 aromatic heterocycles. The summed E-state index contributed by atoms with van der Waals surface area (Å²) >= 11 is 2.72. The molecule has 118 valence electrons. The van der Waals surface area contributed by atoms with Gasteiger partial charge in [-0.2, -0.15) is 8.78 Å². The number of rotatable bonds is 6. The standard InChI is InChI=1S/C13H13F2N3O2S2/c1-7-5-9(20-12(14)15)3-4-10(7)16-11(19)6-21-13-18-17-8(2)22-13/h3-5,12H,6H2,1-2H3,(H,16,19). The summed E-state index contributed by atoms with van der Waals surface area (Å²) in [6, 6.07) is 4.36. The fourth-order valence-corrected chi connectivity index (χ4v) is 3.22. The number of thioether (sulfide) groups is 1. The lowest BCUT2D eigenvalue weighted by molar-refractivity contribution is -0.113. The van der Waals surface area contributed by atoms with Crippen LogP contribution in [0.1, 0.15) is 10.6 Å². The maximum Gasteiger partial charge on any atom is 0.387 e. The van der Waals surface area contributed by atoms with E-state index < -0.39 is 6.61 Å². The highest BCUT2D eigenvalue weighted by Gasteiger charge is 2.10. The van der Waals surface area contributed by atoms with Crippen LogP contribution >= 0.6 is 23.1 Å². The quantitative estimate of drug-likeness (QED) is 0.812. The summed E-state index contributed by atoms with van der Waals surface area (Å²) in [7, 11) is 0. The van der Waals surface area contributed by atoms with E-state index in [2.05, 4.69) is 20.3 Å². The van der Waals surface area contributed by atoms with Crippen molar-refractivity contribution in [3.05, 3.63) is 28.8 Å². The Hall–Kier alpha value is -1.74. The van der Waals surface area contributed by atoms with Crippen molar-refractivity contribution in [1.29, 1.82) is 0 Å². The highest BCUT2D eigenvalue weighted by atomic mass is 32.2. The van der Waals surface area contributed by atoms with Gasteiger partial charge < -0.3 is 10.1 Å². The van der Waals surface area contributed by atoms with E-state index in [0.717, 1.165) is 9.35 Å². The van der Waals surface area contributed by atoms with Gasteiger partial charge in [0.25, 0.3) is 0 Å². The molecule has 1 heterocycles. The SMILES string of the molecule is Cc1nnc(SCC(=O)Nc2ccc(OC(F)F)cc2C)s1. The Morgan fingerprint density at radius 3 is 2.77 bits per heavy atom. The van der Waals surface area contributed by atoms with Gasteiger partial charge in [0.05, 0.1) is 5.75 Å². The second-order valence-electron chi connectivity index (χ2n) is 4.28. The minimum atomic E-state index is -2.87. The maximum absolute atomic E-state index is 12.1. The number of amides is 1. The normalized spacial score (nSPS) is 10.8. The summed E-state index contributed by atoms with van der Waals surface area (Å²) in [5, 5.41) is 11.3. The number of aryl methyl sites for hydroxylation is 2. The Kier molecular flexibility index (Phi) is 5.67. The van der Waals surface area contributed by atoms with E-state index in [9.17, 15) is 13.6 Å². The lowest BCUT2D eigenvalue weighted by atomic mass is 10.2. The molecule has 0 spiro atoms. The highest BCUT2D eigenvalue weighted by molar-refractivity contribution is 8.01. The van der Waals surface area contributed by atoms with Gasteiger partial charge in [-0.05, 0) is 37.6 Å². The average molecular weight is 345 g/mol. The molecule has 0 saturated carbocycles. The van der Waals surface area contributed by atoms with Crippen LogP contribution in [0.5, 0.6) is 5.75 Å². The van der Waals surface area contributed by atoms with Crippen molar-refractivity contribution in [1.82, 2.24) is 10.2 Å². The molecule has 0 radical (unpaired) electrons. The Balaban J connectivity index is 1.90. The summed E-state index contributed by atoms with van der Waals surface area (Å²) in [5.74, 6) is 0.0521. The summed E-state index contributed by atoms with van der Waals surface area (Å²) in [6.07, 6.45) is 0. The van der Waals surface area contributed by atoms with Crippen LogP contribution in [0.4, 0.5) is 14.5 Å². The van der Waals surface area contributed by atoms with Crippen LogP contribution in [0.15, 0.2) is 22.5 Å². The zero-order valence-corrected chi connectivity index (χ0v) is 13.4. The number of nitrogens with zero attached hydrogens (tertiary/aromatic N) is 2. The Morgan fingerprint density at radius 1 is 1.41 bits per heavy atom. The fraction of sp³-hybridized carbons (Fsp3) is 0.308. The largest absolute Gasteiger partial charge is 0.435 e. The smallest absolute Gasteiger partial charge is 0.387 e. The second kappa shape index (κ2) is 7.50. The molecule has 1 aromatic carbocycles. The van der Waals surface area contributed by atoms with Crippen LogP contribution in [-0.2, 0) is 4.79 Å². The first kappa shape index (κ1) is 16.6. The number of aromatic nitrogens is 2. The number of halogens is 2. The minimum Gasteiger partial charge on any atom is -0.435 e. The third-order valence-corrected chi connectivity index (χ3v) is 4.50. The van der Waals surface area contributed by atoms with E-state index in [0.29, 0.717) is 11.3 Å². The summed E-state index contributed by atoms with van der Waals surface area (Å²) in [6.45, 7) is 0.676. The molecule has 2 rings (SSSR count). The molecular formula is C13H13F2N3O2S2. The van der Waals surface area contributed by atoms with Crippen LogP contribution < -0.4 is 10.1 Å². The van der Waals surface area contributed by atoms with Gasteiger partial charge in [0, 0.05) is 5.69 Å². The Labute approximate surface area is 134 Å².